The Morgan fingerprint density at radius 1 is 1.53 bits per heavy atom. The van der Waals surface area contributed by atoms with Crippen LogP contribution in [0.5, 0.6) is 0 Å². The lowest BCUT2D eigenvalue weighted by Crippen LogP contribution is -2.01. The van der Waals surface area contributed by atoms with Crippen molar-refractivity contribution in [1.82, 2.24) is 0 Å². The molecule has 0 saturated carbocycles. The van der Waals surface area contributed by atoms with Gasteiger partial charge in [0.05, 0.1) is 24.7 Å². The van der Waals surface area contributed by atoms with Crippen molar-refractivity contribution in [3.8, 4) is 6.07 Å². The van der Waals surface area contributed by atoms with E-state index in [0.29, 0.717) is 12.2 Å². The van der Waals surface area contributed by atoms with E-state index in [0.717, 1.165) is 11.1 Å². The van der Waals surface area contributed by atoms with Crippen LogP contribution in [0.25, 0.3) is 6.08 Å². The normalized spacial score (nSPS) is 10.2. The minimum Gasteiger partial charge on any atom is -0.466 e. The first kappa shape index (κ1) is 13.0. The topological polar surface area (TPSA) is 50.1 Å². The fourth-order valence-electron chi connectivity index (χ4n) is 1.49. The maximum absolute atomic E-state index is 11.1. The number of hydrogen-bond acceptors (Lipinski definition) is 3. The highest BCUT2D eigenvalue weighted by atomic mass is 16.5. The smallest absolute Gasteiger partial charge is 0.309 e. The zero-order valence-electron chi connectivity index (χ0n) is 10.1. The van der Waals surface area contributed by atoms with E-state index in [1.807, 2.05) is 19.1 Å². The van der Waals surface area contributed by atoms with Crippen molar-refractivity contribution in [2.24, 2.45) is 0 Å². The number of ether oxygens (including phenoxy) is 1. The molecule has 1 aromatic carbocycles. The lowest BCUT2D eigenvalue weighted by atomic mass is 10.0. The minimum absolute atomic E-state index is 0.229. The van der Waals surface area contributed by atoms with Gasteiger partial charge in [0.15, 0.2) is 0 Å². The molecule has 1 rings (SSSR count). The minimum atomic E-state index is -0.254. The van der Waals surface area contributed by atoms with Gasteiger partial charge >= 0.3 is 5.97 Å². The molecular weight excluding hydrogens is 214 g/mol. The van der Waals surface area contributed by atoms with Gasteiger partial charge in [0.2, 0.25) is 0 Å². The molecule has 0 heterocycles. The zero-order chi connectivity index (χ0) is 12.7. The number of carbonyl (C=O) groups excluding carboxylic acids is 1. The highest BCUT2D eigenvalue weighted by Crippen LogP contribution is 2.15. The average molecular weight is 229 g/mol. The van der Waals surface area contributed by atoms with Gasteiger partial charge in [-0.2, -0.15) is 5.26 Å². The molecule has 0 radical (unpaired) electrons. The Morgan fingerprint density at radius 3 is 2.94 bits per heavy atom. The van der Waals surface area contributed by atoms with E-state index < -0.39 is 0 Å². The van der Waals surface area contributed by atoms with E-state index in [1.165, 1.54) is 0 Å². The molecule has 0 fully saturated rings. The number of rotatable bonds is 4. The van der Waals surface area contributed by atoms with Crippen molar-refractivity contribution < 1.29 is 9.53 Å². The summed E-state index contributed by atoms with van der Waals surface area (Å²) in [6.45, 7) is 4.10. The van der Waals surface area contributed by atoms with Crippen molar-refractivity contribution >= 4 is 12.0 Å². The Morgan fingerprint density at radius 2 is 2.29 bits per heavy atom. The van der Waals surface area contributed by atoms with Crippen molar-refractivity contribution in [2.75, 3.05) is 6.61 Å². The fourth-order valence-corrected chi connectivity index (χ4v) is 1.49. The van der Waals surface area contributed by atoms with Crippen molar-refractivity contribution in [1.29, 1.82) is 5.26 Å². The Bertz CT molecular complexity index is 470. The molecule has 0 saturated heterocycles. The van der Waals surface area contributed by atoms with Gasteiger partial charge in [0, 0.05) is 0 Å². The molecule has 1 aromatic rings. The summed E-state index contributed by atoms with van der Waals surface area (Å²) in [5.41, 5.74) is 2.49. The molecule has 3 nitrogen and oxygen atoms in total. The Kier molecular flexibility index (Phi) is 4.96. The lowest BCUT2D eigenvalue weighted by Gasteiger charge is -2.02. The molecule has 0 spiro atoms. The number of carbonyl (C=O) groups is 1. The molecule has 0 unspecified atom stereocenters. The molecule has 0 atom stereocenters. The van der Waals surface area contributed by atoms with Crippen LogP contribution in [0.15, 0.2) is 24.3 Å². The summed E-state index contributed by atoms with van der Waals surface area (Å²) >= 11 is 0. The van der Waals surface area contributed by atoms with Crippen LogP contribution in [-0.4, -0.2) is 12.6 Å². The number of nitrogens with zero attached hydrogens (tertiary/aromatic N) is 1. The van der Waals surface area contributed by atoms with E-state index in [1.54, 1.807) is 25.1 Å². The van der Waals surface area contributed by atoms with E-state index in [4.69, 9.17) is 10.00 Å². The highest BCUT2D eigenvalue weighted by molar-refractivity contribution is 5.73. The second kappa shape index (κ2) is 6.49. The molecule has 0 aliphatic rings. The van der Waals surface area contributed by atoms with Crippen LogP contribution >= 0.6 is 0 Å². The predicted octanol–water partition coefficient (Wildman–Crippen LogP) is 2.83. The van der Waals surface area contributed by atoms with Crippen LogP contribution in [0.3, 0.4) is 0 Å². The van der Waals surface area contributed by atoms with Gasteiger partial charge in [-0.15, -0.1) is 0 Å². The van der Waals surface area contributed by atoms with Crippen LogP contribution < -0.4 is 0 Å². The number of esters is 1. The molecule has 3 heteroatoms. The lowest BCUT2D eigenvalue weighted by molar-refractivity contribution is -0.142. The molecule has 0 aliphatic heterocycles. The van der Waals surface area contributed by atoms with Gasteiger partial charge in [-0.1, -0.05) is 24.3 Å². The van der Waals surface area contributed by atoms with Gasteiger partial charge in [0.1, 0.15) is 0 Å². The zero-order valence-corrected chi connectivity index (χ0v) is 10.1. The summed E-state index contributed by atoms with van der Waals surface area (Å²) in [4.78, 5) is 11.1. The molecule has 0 aromatic heterocycles. The third-order valence-electron chi connectivity index (χ3n) is 2.32. The molecule has 17 heavy (non-hydrogen) atoms. The summed E-state index contributed by atoms with van der Waals surface area (Å²) in [6.07, 6.45) is 3.75. The van der Waals surface area contributed by atoms with Crippen LogP contribution in [0, 0.1) is 18.3 Å². The van der Waals surface area contributed by atoms with E-state index in [2.05, 4.69) is 6.07 Å². The predicted molar refractivity (Wildman–Crippen MR) is 66.2 cm³/mol. The first-order valence-electron chi connectivity index (χ1n) is 5.51. The Labute approximate surface area is 101 Å². The number of hydrogen-bond donors (Lipinski definition) is 0. The first-order valence-corrected chi connectivity index (χ1v) is 5.51. The average Bonchev–Trinajstić information content (AvgIpc) is 2.31. The monoisotopic (exact) mass is 229 g/mol. The van der Waals surface area contributed by atoms with Crippen LogP contribution in [0.1, 0.15) is 30.0 Å². The Balaban J connectivity index is 2.78. The summed E-state index contributed by atoms with van der Waals surface area (Å²) in [6, 6.07) is 7.67. The van der Waals surface area contributed by atoms with Gasteiger partial charge in [-0.3, -0.25) is 4.79 Å². The summed E-state index contributed by atoms with van der Waals surface area (Å²) in [7, 11) is 0. The van der Waals surface area contributed by atoms with Gasteiger partial charge in [-0.25, -0.2) is 0 Å². The van der Waals surface area contributed by atoms with Gasteiger partial charge in [-0.05, 0) is 31.0 Å². The van der Waals surface area contributed by atoms with Crippen LogP contribution in [-0.2, 0) is 9.53 Å². The maximum atomic E-state index is 11.1. The SMILES string of the molecule is CCOC(=O)CC=Cc1c(C)cccc1C#N. The van der Waals surface area contributed by atoms with E-state index in [-0.39, 0.29) is 12.4 Å². The van der Waals surface area contributed by atoms with Gasteiger partial charge < -0.3 is 4.74 Å². The molecule has 0 aliphatic carbocycles. The second-order valence-electron chi connectivity index (χ2n) is 3.56. The number of aryl methyl sites for hydroxylation is 1. The molecule has 0 amide bonds. The summed E-state index contributed by atoms with van der Waals surface area (Å²) < 4.78 is 4.81. The summed E-state index contributed by atoms with van der Waals surface area (Å²) in [5, 5.41) is 8.96. The molecular formula is C14H15NO2. The summed E-state index contributed by atoms with van der Waals surface area (Å²) in [5.74, 6) is -0.254. The largest absolute Gasteiger partial charge is 0.466 e. The second-order valence-corrected chi connectivity index (χ2v) is 3.56. The number of benzene rings is 1. The van der Waals surface area contributed by atoms with E-state index >= 15 is 0 Å². The standard InChI is InChI=1S/C14H15NO2/c1-3-17-14(16)9-5-8-13-11(2)6-4-7-12(13)10-15/h4-8H,3,9H2,1-2H3. The first-order chi connectivity index (χ1) is 8.19. The molecule has 88 valence electrons. The van der Waals surface area contributed by atoms with Gasteiger partial charge in [0.25, 0.3) is 0 Å². The van der Waals surface area contributed by atoms with Crippen LogP contribution in [0.2, 0.25) is 0 Å². The fraction of sp³-hybridized carbons (Fsp3) is 0.286. The number of nitriles is 1. The molecule has 0 bridgehead atoms. The Hall–Kier alpha value is -2.08. The third kappa shape index (κ3) is 3.76. The van der Waals surface area contributed by atoms with Crippen LogP contribution in [0.4, 0.5) is 0 Å². The maximum Gasteiger partial charge on any atom is 0.309 e. The van der Waals surface area contributed by atoms with E-state index in [9.17, 15) is 4.79 Å². The third-order valence-corrected chi connectivity index (χ3v) is 2.32. The highest BCUT2D eigenvalue weighted by Gasteiger charge is 2.02. The van der Waals surface area contributed by atoms with Crippen molar-refractivity contribution in [3.63, 3.8) is 0 Å². The van der Waals surface area contributed by atoms with Crippen molar-refractivity contribution in [2.45, 2.75) is 20.3 Å². The quantitative estimate of drug-likeness (QED) is 0.746. The van der Waals surface area contributed by atoms with Crippen molar-refractivity contribution in [3.05, 3.63) is 41.0 Å². The molecule has 0 N–H and O–H groups in total.